The molecular weight excluding hydrogens is 331 g/mol. The van der Waals surface area contributed by atoms with Crippen molar-refractivity contribution in [3.05, 3.63) is 67.2 Å². The maximum atomic E-state index is 10.9. The monoisotopic (exact) mass is 338 g/mol. The summed E-state index contributed by atoms with van der Waals surface area (Å²) in [5.41, 5.74) is 0.543. The summed E-state index contributed by atoms with van der Waals surface area (Å²) < 4.78 is 9.62. The summed E-state index contributed by atoms with van der Waals surface area (Å²) in [5, 5.41) is 6.52. The van der Waals surface area contributed by atoms with E-state index < -0.39 is 0 Å². The molecule has 0 spiro atoms. The molecule has 0 aliphatic carbocycles. The number of halogens is 2. The predicted molar refractivity (Wildman–Crippen MR) is 83.7 cm³/mol. The van der Waals surface area contributed by atoms with Gasteiger partial charge >= 0.3 is 0 Å². The van der Waals surface area contributed by atoms with Crippen LogP contribution in [0.2, 0.25) is 10.0 Å². The van der Waals surface area contributed by atoms with Crippen LogP contribution in [0, 0.1) is 0 Å². The lowest BCUT2D eigenvalue weighted by atomic mass is 10.3. The largest absolute Gasteiger partial charge is 0.378 e. The normalized spacial score (nSPS) is 10.6. The van der Waals surface area contributed by atoms with Gasteiger partial charge in [-0.15, -0.1) is 0 Å². The van der Waals surface area contributed by atoms with Gasteiger partial charge in [0.15, 0.2) is 11.2 Å². The molecule has 112 valence electrons. The van der Waals surface area contributed by atoms with Crippen molar-refractivity contribution < 1.29 is 9.05 Å². The molecule has 6 nitrogen and oxygen atoms in total. The maximum Gasteiger partial charge on any atom is 0.287 e. The Balaban J connectivity index is 0.000000131. The Morgan fingerprint density at radius 3 is 2.09 bits per heavy atom. The van der Waals surface area contributed by atoms with Crippen molar-refractivity contribution in [2.45, 2.75) is 0 Å². The van der Waals surface area contributed by atoms with Gasteiger partial charge < -0.3 is 9.05 Å². The van der Waals surface area contributed by atoms with Gasteiger partial charge in [-0.3, -0.25) is 9.59 Å². The Hall–Kier alpha value is -2.44. The fraction of sp³-hybridized carbons (Fsp3) is 0. The molecule has 0 bridgehead atoms. The van der Waals surface area contributed by atoms with E-state index in [4.69, 9.17) is 32.2 Å². The summed E-state index contributed by atoms with van der Waals surface area (Å²) in [4.78, 5) is 21.8. The molecule has 4 aromatic rings. The van der Waals surface area contributed by atoms with Crippen LogP contribution in [0.25, 0.3) is 21.9 Å². The van der Waals surface area contributed by atoms with E-state index >= 15 is 0 Å². The highest BCUT2D eigenvalue weighted by Gasteiger charge is 2.02. The second-order valence-corrected chi connectivity index (χ2v) is 5.22. The van der Waals surface area contributed by atoms with E-state index in [2.05, 4.69) is 10.3 Å². The molecular formula is C14H8Cl2N2O4. The van der Waals surface area contributed by atoms with E-state index in [1.807, 2.05) is 0 Å². The number of aromatic nitrogens is 2. The first-order valence-corrected chi connectivity index (χ1v) is 6.83. The van der Waals surface area contributed by atoms with Crippen LogP contribution >= 0.6 is 23.2 Å². The van der Waals surface area contributed by atoms with Gasteiger partial charge in [0, 0.05) is 16.1 Å². The lowest BCUT2D eigenvalue weighted by Crippen LogP contribution is -1.95. The third-order valence-electron chi connectivity index (χ3n) is 2.88. The van der Waals surface area contributed by atoms with Crippen molar-refractivity contribution in [2.75, 3.05) is 0 Å². The number of hydrogen-bond donors (Lipinski definition) is 2. The third kappa shape index (κ3) is 2.79. The first-order valence-electron chi connectivity index (χ1n) is 6.08. The average Bonchev–Trinajstić information content (AvgIpc) is 3.04. The van der Waals surface area contributed by atoms with E-state index in [-0.39, 0.29) is 11.1 Å². The van der Waals surface area contributed by atoms with Crippen molar-refractivity contribution in [2.24, 2.45) is 0 Å². The van der Waals surface area contributed by atoms with Gasteiger partial charge in [0.2, 0.25) is 0 Å². The highest BCUT2D eigenvalue weighted by molar-refractivity contribution is 6.31. The molecule has 8 heteroatoms. The third-order valence-corrected chi connectivity index (χ3v) is 3.35. The Bertz CT molecular complexity index is 1060. The highest BCUT2D eigenvalue weighted by Crippen LogP contribution is 2.16. The van der Waals surface area contributed by atoms with Crippen molar-refractivity contribution in [3.63, 3.8) is 0 Å². The molecule has 0 saturated carbocycles. The van der Waals surface area contributed by atoms with E-state index in [9.17, 15) is 9.59 Å². The fourth-order valence-corrected chi connectivity index (χ4v) is 2.18. The number of H-pyrrole nitrogens is 2. The number of fused-ring (bicyclic) bond motifs is 2. The minimum absolute atomic E-state index is 0.225. The van der Waals surface area contributed by atoms with Gasteiger partial charge in [0.25, 0.3) is 11.1 Å². The highest BCUT2D eigenvalue weighted by atomic mass is 35.5. The summed E-state index contributed by atoms with van der Waals surface area (Å²) >= 11 is 11.3. The van der Waals surface area contributed by atoms with Crippen LogP contribution in [0.5, 0.6) is 0 Å². The number of aromatic amines is 2. The van der Waals surface area contributed by atoms with Gasteiger partial charge in [0.1, 0.15) is 0 Å². The molecule has 0 fully saturated rings. The van der Waals surface area contributed by atoms with Gasteiger partial charge in [-0.25, -0.2) is 0 Å². The van der Waals surface area contributed by atoms with E-state index in [0.717, 1.165) is 0 Å². The molecule has 0 saturated heterocycles. The molecule has 0 aliphatic heterocycles. The minimum Gasteiger partial charge on any atom is -0.378 e. The SMILES string of the molecule is O=c1[nH]oc2cc(Cl)ccc12.O=c1[nH]oc2ccc(Cl)cc12. The summed E-state index contributed by atoms with van der Waals surface area (Å²) in [7, 11) is 0. The van der Waals surface area contributed by atoms with E-state index in [1.165, 1.54) is 0 Å². The van der Waals surface area contributed by atoms with Crippen LogP contribution in [0.1, 0.15) is 0 Å². The quantitative estimate of drug-likeness (QED) is 0.512. The minimum atomic E-state index is -0.248. The van der Waals surface area contributed by atoms with Gasteiger partial charge in [0.05, 0.1) is 10.8 Å². The summed E-state index contributed by atoms with van der Waals surface area (Å²) in [6.45, 7) is 0. The zero-order valence-corrected chi connectivity index (χ0v) is 12.4. The number of nitrogens with one attached hydrogen (secondary N) is 2. The van der Waals surface area contributed by atoms with Crippen molar-refractivity contribution in [1.82, 2.24) is 10.3 Å². The van der Waals surface area contributed by atoms with Crippen LogP contribution in [-0.2, 0) is 0 Å². The molecule has 0 amide bonds. The summed E-state index contributed by atoms with van der Waals surface area (Å²) in [6.07, 6.45) is 0. The fourth-order valence-electron chi connectivity index (χ4n) is 1.85. The topological polar surface area (TPSA) is 92.0 Å². The van der Waals surface area contributed by atoms with Crippen molar-refractivity contribution >= 4 is 45.1 Å². The Morgan fingerprint density at radius 1 is 0.727 bits per heavy atom. The number of hydrogen-bond acceptors (Lipinski definition) is 4. The molecule has 2 aromatic heterocycles. The first-order chi connectivity index (χ1) is 10.5. The number of rotatable bonds is 0. The second-order valence-electron chi connectivity index (χ2n) is 4.35. The van der Waals surface area contributed by atoms with Gasteiger partial charge in [-0.2, -0.15) is 10.3 Å². The summed E-state index contributed by atoms with van der Waals surface area (Å²) in [5.74, 6) is 0. The smallest absolute Gasteiger partial charge is 0.287 e. The van der Waals surface area contributed by atoms with Crippen LogP contribution in [0.15, 0.2) is 55.0 Å². The van der Waals surface area contributed by atoms with Crippen LogP contribution < -0.4 is 11.1 Å². The van der Waals surface area contributed by atoms with E-state index in [1.54, 1.807) is 36.4 Å². The Kier molecular flexibility index (Phi) is 3.79. The Labute approximate surface area is 132 Å². The molecule has 0 radical (unpaired) electrons. The molecule has 2 heterocycles. The first kappa shape index (κ1) is 14.5. The second kappa shape index (κ2) is 5.75. The average molecular weight is 339 g/mol. The van der Waals surface area contributed by atoms with Crippen molar-refractivity contribution in [3.8, 4) is 0 Å². The van der Waals surface area contributed by atoms with Gasteiger partial charge in [-0.1, -0.05) is 23.2 Å². The summed E-state index contributed by atoms with van der Waals surface area (Å²) in [6, 6.07) is 9.75. The van der Waals surface area contributed by atoms with Gasteiger partial charge in [-0.05, 0) is 30.3 Å². The molecule has 0 atom stereocenters. The lowest BCUT2D eigenvalue weighted by Gasteiger charge is -1.85. The number of benzene rings is 2. The van der Waals surface area contributed by atoms with Crippen LogP contribution in [0.3, 0.4) is 0 Å². The molecule has 0 aliphatic rings. The molecule has 22 heavy (non-hydrogen) atoms. The Morgan fingerprint density at radius 2 is 1.32 bits per heavy atom. The standard InChI is InChI=1S/2C7H4ClNO2/c8-4-1-2-6-5(3-4)7(10)9-11-6;8-4-1-2-5-6(3-4)11-9-7(5)10/h2*1-3H,(H,9,10). The molecule has 4 rings (SSSR count). The molecule has 2 N–H and O–H groups in total. The molecule has 0 unspecified atom stereocenters. The zero-order valence-electron chi connectivity index (χ0n) is 10.9. The zero-order chi connectivity index (χ0) is 15.7. The molecule has 2 aromatic carbocycles. The van der Waals surface area contributed by atoms with E-state index in [0.29, 0.717) is 32.0 Å². The van der Waals surface area contributed by atoms with Crippen molar-refractivity contribution in [1.29, 1.82) is 0 Å². The lowest BCUT2D eigenvalue weighted by molar-refractivity contribution is 0.449. The predicted octanol–water partition coefficient (Wildman–Crippen LogP) is 3.55. The maximum absolute atomic E-state index is 10.9. The van der Waals surface area contributed by atoms with Crippen LogP contribution in [0.4, 0.5) is 0 Å². The van der Waals surface area contributed by atoms with Crippen LogP contribution in [-0.4, -0.2) is 10.3 Å².